The molecular weight excluding hydrogens is 488 g/mol. The summed E-state index contributed by atoms with van der Waals surface area (Å²) in [4.78, 5) is 26.9. The molecular formula is C23H22N6O6S. The quantitative estimate of drug-likeness (QED) is 0.278. The van der Waals surface area contributed by atoms with E-state index in [1.165, 1.54) is 24.3 Å². The first-order valence-electron chi connectivity index (χ1n) is 10.2. The van der Waals surface area contributed by atoms with Gasteiger partial charge in [0.2, 0.25) is 5.96 Å². The van der Waals surface area contributed by atoms with Gasteiger partial charge >= 0.3 is 11.9 Å². The first-order valence-corrected chi connectivity index (χ1v) is 11.6. The maximum Gasteiger partial charge on any atom is 0.355 e. The first-order chi connectivity index (χ1) is 17.1. The average Bonchev–Trinajstić information content (AvgIpc) is 2.86. The minimum Gasteiger partial charge on any atom is -0.466 e. The molecule has 0 saturated carbocycles. The van der Waals surface area contributed by atoms with Gasteiger partial charge in [0.1, 0.15) is 11.5 Å². The Morgan fingerprint density at radius 2 is 1.58 bits per heavy atom. The summed E-state index contributed by atoms with van der Waals surface area (Å²) in [5.74, 6) is -3.67. The van der Waals surface area contributed by atoms with Crippen molar-refractivity contribution >= 4 is 33.6 Å². The number of nitrogens with zero attached hydrogens (tertiary/aromatic N) is 3. The van der Waals surface area contributed by atoms with E-state index in [1.807, 2.05) is 6.07 Å². The Labute approximate surface area is 206 Å². The zero-order chi connectivity index (χ0) is 26.6. The maximum atomic E-state index is 13.0. The molecule has 0 bridgehead atoms. The van der Waals surface area contributed by atoms with Crippen LogP contribution in [0, 0.1) is 11.3 Å². The van der Waals surface area contributed by atoms with Crippen molar-refractivity contribution < 1.29 is 27.5 Å². The van der Waals surface area contributed by atoms with Crippen molar-refractivity contribution in [3.05, 3.63) is 82.8 Å². The molecule has 0 aliphatic carbocycles. The highest BCUT2D eigenvalue weighted by Crippen LogP contribution is 2.43. The molecule has 0 fully saturated rings. The second-order valence-electron chi connectivity index (χ2n) is 7.32. The largest absolute Gasteiger partial charge is 0.466 e. The number of carbonyl (C=O) groups is 2. The number of ether oxygens (including phenoxy) is 2. The number of hydrogen-bond acceptors (Lipinski definition) is 9. The Morgan fingerprint density at radius 3 is 2.08 bits per heavy atom. The van der Waals surface area contributed by atoms with E-state index in [-0.39, 0.29) is 33.2 Å². The first kappa shape index (κ1) is 25.8. The van der Waals surface area contributed by atoms with Gasteiger partial charge in [-0.15, -0.1) is 4.40 Å². The summed E-state index contributed by atoms with van der Waals surface area (Å²) < 4.78 is 37.7. The minimum atomic E-state index is -4.20. The monoisotopic (exact) mass is 510 g/mol. The Bertz CT molecular complexity index is 1440. The molecule has 2 aromatic rings. The van der Waals surface area contributed by atoms with Crippen LogP contribution in [0.25, 0.3) is 0 Å². The van der Waals surface area contributed by atoms with E-state index in [2.05, 4.69) is 4.40 Å². The SMILES string of the molecule is COC(=O)C1=C(C(=O)OC)N(c2ccc(S(=O)(=O)N=C(N)N)cc2)C(N)=C(C#N)C1c1ccccc1. The van der Waals surface area contributed by atoms with Crippen molar-refractivity contribution in [2.75, 3.05) is 19.1 Å². The van der Waals surface area contributed by atoms with Crippen LogP contribution in [-0.4, -0.2) is 40.5 Å². The maximum absolute atomic E-state index is 13.0. The molecule has 12 nitrogen and oxygen atoms in total. The van der Waals surface area contributed by atoms with E-state index in [0.29, 0.717) is 5.56 Å². The number of methoxy groups -OCH3 is 2. The summed E-state index contributed by atoms with van der Waals surface area (Å²) in [6.07, 6.45) is 0. The number of nitrogens with two attached hydrogens (primary N) is 3. The second kappa shape index (κ2) is 10.2. The molecule has 1 heterocycles. The lowest BCUT2D eigenvalue weighted by Gasteiger charge is -2.35. The van der Waals surface area contributed by atoms with Crippen molar-refractivity contribution in [1.82, 2.24) is 0 Å². The number of carbonyl (C=O) groups excluding carboxylic acids is 2. The number of benzene rings is 2. The van der Waals surface area contributed by atoms with Gasteiger partial charge in [0.05, 0.1) is 42.2 Å². The highest BCUT2D eigenvalue weighted by Gasteiger charge is 2.43. The second-order valence-corrected chi connectivity index (χ2v) is 8.92. The van der Waals surface area contributed by atoms with Crippen LogP contribution in [0.1, 0.15) is 11.5 Å². The highest BCUT2D eigenvalue weighted by molar-refractivity contribution is 7.90. The predicted octanol–water partition coefficient (Wildman–Crippen LogP) is 0.546. The number of allylic oxidation sites excluding steroid dienone is 1. The Morgan fingerprint density at radius 1 is 1.00 bits per heavy atom. The fourth-order valence-electron chi connectivity index (χ4n) is 3.74. The third-order valence-corrected chi connectivity index (χ3v) is 6.55. The van der Waals surface area contributed by atoms with Crippen LogP contribution >= 0.6 is 0 Å². The number of nitriles is 1. The van der Waals surface area contributed by atoms with Crippen molar-refractivity contribution in [2.45, 2.75) is 10.8 Å². The van der Waals surface area contributed by atoms with Crippen molar-refractivity contribution in [1.29, 1.82) is 5.26 Å². The predicted molar refractivity (Wildman–Crippen MR) is 129 cm³/mol. The molecule has 0 spiro atoms. The lowest BCUT2D eigenvalue weighted by atomic mass is 9.81. The number of hydrogen-bond donors (Lipinski definition) is 3. The molecule has 186 valence electrons. The third kappa shape index (κ3) is 4.70. The minimum absolute atomic E-state index is 0.0357. The van der Waals surface area contributed by atoms with Crippen LogP contribution in [0.2, 0.25) is 0 Å². The van der Waals surface area contributed by atoms with Crippen molar-refractivity contribution in [2.24, 2.45) is 21.6 Å². The van der Waals surface area contributed by atoms with Crippen LogP contribution in [0.15, 0.2) is 86.6 Å². The normalized spacial score (nSPS) is 15.7. The molecule has 1 atom stereocenters. The van der Waals surface area contributed by atoms with E-state index in [9.17, 15) is 23.3 Å². The molecule has 0 radical (unpaired) electrons. The molecule has 0 aromatic heterocycles. The summed E-state index contributed by atoms with van der Waals surface area (Å²) in [6.45, 7) is 0. The lowest BCUT2D eigenvalue weighted by Crippen LogP contribution is -2.40. The van der Waals surface area contributed by atoms with Gasteiger partial charge in [0.25, 0.3) is 10.0 Å². The molecule has 36 heavy (non-hydrogen) atoms. The van der Waals surface area contributed by atoms with E-state index in [1.54, 1.807) is 30.3 Å². The van der Waals surface area contributed by atoms with Gasteiger partial charge in [-0.05, 0) is 29.8 Å². The summed E-state index contributed by atoms with van der Waals surface area (Å²) in [6, 6.07) is 15.5. The van der Waals surface area contributed by atoms with Crippen LogP contribution < -0.4 is 22.1 Å². The van der Waals surface area contributed by atoms with Crippen molar-refractivity contribution in [3.63, 3.8) is 0 Å². The molecule has 1 aliphatic rings. The molecule has 0 amide bonds. The van der Waals surface area contributed by atoms with Crippen LogP contribution in [-0.2, 0) is 29.1 Å². The number of esters is 2. The smallest absolute Gasteiger partial charge is 0.355 e. The molecule has 0 saturated heterocycles. The standard InChI is InChI=1S/C23H22N6O6S/c1-34-21(30)18-17(13-6-4-3-5-7-13)16(12-24)20(25)29(19(18)22(31)35-2)14-8-10-15(11-9-14)36(32,33)28-23(26)27/h3-11,17H,25H2,1-2H3,(H4,26,27,28). The molecule has 13 heteroatoms. The summed E-state index contributed by atoms with van der Waals surface area (Å²) in [7, 11) is -1.95. The summed E-state index contributed by atoms with van der Waals surface area (Å²) in [5, 5.41) is 10.0. The number of sulfonamides is 1. The number of anilines is 1. The Balaban J connectivity index is 2.32. The zero-order valence-corrected chi connectivity index (χ0v) is 20.0. The van der Waals surface area contributed by atoms with Crippen molar-refractivity contribution in [3.8, 4) is 6.07 Å². The highest BCUT2D eigenvalue weighted by atomic mass is 32.2. The topological polar surface area (TPSA) is 204 Å². The van der Waals surface area contributed by atoms with E-state index in [4.69, 9.17) is 26.7 Å². The fourth-order valence-corrected chi connectivity index (χ4v) is 4.60. The lowest BCUT2D eigenvalue weighted by molar-refractivity contribution is -0.139. The average molecular weight is 511 g/mol. The van der Waals surface area contributed by atoms with Gasteiger partial charge < -0.3 is 26.7 Å². The zero-order valence-electron chi connectivity index (χ0n) is 19.2. The van der Waals surface area contributed by atoms with E-state index >= 15 is 0 Å². The summed E-state index contributed by atoms with van der Waals surface area (Å²) >= 11 is 0. The van der Waals surface area contributed by atoms with Gasteiger partial charge in [-0.3, -0.25) is 4.90 Å². The fraction of sp³-hybridized carbons (Fsp3) is 0.130. The molecule has 3 rings (SSSR count). The molecule has 1 unspecified atom stereocenters. The molecule has 2 aromatic carbocycles. The van der Waals surface area contributed by atoms with Gasteiger partial charge in [-0.1, -0.05) is 30.3 Å². The Kier molecular flexibility index (Phi) is 7.31. The third-order valence-electron chi connectivity index (χ3n) is 5.23. The summed E-state index contributed by atoms with van der Waals surface area (Å²) in [5.41, 5.74) is 16.9. The number of rotatable bonds is 6. The van der Waals surface area contributed by atoms with Crippen LogP contribution in [0.4, 0.5) is 5.69 Å². The van der Waals surface area contributed by atoms with Crippen LogP contribution in [0.5, 0.6) is 0 Å². The van der Waals surface area contributed by atoms with E-state index < -0.39 is 33.8 Å². The van der Waals surface area contributed by atoms with Gasteiger partial charge in [-0.25, -0.2) is 9.59 Å². The Hall–Kier alpha value is -4.83. The number of guanidine groups is 1. The van der Waals surface area contributed by atoms with E-state index in [0.717, 1.165) is 19.1 Å². The van der Waals surface area contributed by atoms with Gasteiger partial charge in [0.15, 0.2) is 0 Å². The van der Waals surface area contributed by atoms with Crippen LogP contribution in [0.3, 0.4) is 0 Å². The molecule has 6 N–H and O–H groups in total. The molecule has 1 aliphatic heterocycles. The van der Waals surface area contributed by atoms with Gasteiger partial charge in [0, 0.05) is 5.69 Å². The van der Waals surface area contributed by atoms with Gasteiger partial charge in [-0.2, -0.15) is 13.7 Å².